The van der Waals surface area contributed by atoms with E-state index in [1.807, 2.05) is 37.3 Å². The summed E-state index contributed by atoms with van der Waals surface area (Å²) < 4.78 is 0. The van der Waals surface area contributed by atoms with Gasteiger partial charge in [-0.2, -0.15) is 0 Å². The van der Waals surface area contributed by atoms with E-state index in [1.165, 1.54) is 0 Å². The van der Waals surface area contributed by atoms with Crippen LogP contribution in [0.2, 0.25) is 0 Å². The van der Waals surface area contributed by atoms with Gasteiger partial charge in [-0.25, -0.2) is 0 Å². The Hall–Kier alpha value is -1.12. The topological polar surface area (TPSA) is 40.5 Å². The molecule has 88 valence electrons. The van der Waals surface area contributed by atoms with Gasteiger partial charge in [-0.1, -0.05) is 35.9 Å². The van der Waals surface area contributed by atoms with Crippen LogP contribution in [0.15, 0.2) is 42.5 Å². The van der Waals surface area contributed by atoms with Crippen LogP contribution in [0.4, 0.5) is 0 Å². The maximum Gasteiger partial charge on any atom is 0.0605 e. The van der Waals surface area contributed by atoms with Crippen molar-refractivity contribution in [2.24, 2.45) is 0 Å². The van der Waals surface area contributed by atoms with Gasteiger partial charge in [-0.15, -0.1) is 6.58 Å². The molecular weight excluding hydrogens is 200 g/mol. The first-order chi connectivity index (χ1) is 7.58. The number of aliphatic hydroxyl groups is 2. The first-order valence-electron chi connectivity index (χ1n) is 5.62. The largest absolute Gasteiger partial charge is 0.393 e. The number of hydrogen-bond acceptors (Lipinski definition) is 2. The molecule has 2 nitrogen and oxygen atoms in total. The van der Waals surface area contributed by atoms with Crippen molar-refractivity contribution in [1.82, 2.24) is 0 Å². The molecule has 0 aliphatic rings. The molecule has 0 saturated heterocycles. The Kier molecular flexibility index (Phi) is 5.23. The smallest absolute Gasteiger partial charge is 0.0605 e. The average molecular weight is 220 g/mol. The van der Waals surface area contributed by atoms with Gasteiger partial charge in [0.1, 0.15) is 0 Å². The lowest BCUT2D eigenvalue weighted by atomic mass is 10.00. The second kappa shape index (κ2) is 6.46. The second-order valence-electron chi connectivity index (χ2n) is 4.39. The van der Waals surface area contributed by atoms with E-state index < -0.39 is 12.2 Å². The summed E-state index contributed by atoms with van der Waals surface area (Å²) in [6.07, 6.45) is 0.578. The third-order valence-electron chi connectivity index (χ3n) is 2.44. The molecule has 0 aliphatic heterocycles. The molecule has 2 atom stereocenters. The molecule has 16 heavy (non-hydrogen) atoms. The zero-order chi connectivity index (χ0) is 12.0. The predicted molar refractivity (Wildman–Crippen MR) is 66.2 cm³/mol. The zero-order valence-corrected chi connectivity index (χ0v) is 9.76. The second-order valence-corrected chi connectivity index (χ2v) is 4.39. The summed E-state index contributed by atoms with van der Waals surface area (Å²) in [6, 6.07) is 9.81. The minimum atomic E-state index is -0.490. The van der Waals surface area contributed by atoms with Crippen molar-refractivity contribution in [3.63, 3.8) is 0 Å². The molecule has 0 fully saturated rings. The van der Waals surface area contributed by atoms with Crippen molar-refractivity contribution < 1.29 is 10.2 Å². The fourth-order valence-corrected chi connectivity index (χ4v) is 1.77. The fourth-order valence-electron chi connectivity index (χ4n) is 1.77. The van der Waals surface area contributed by atoms with E-state index in [0.29, 0.717) is 19.3 Å². The maximum absolute atomic E-state index is 9.80. The van der Waals surface area contributed by atoms with Gasteiger partial charge in [0.05, 0.1) is 12.2 Å². The van der Waals surface area contributed by atoms with Crippen LogP contribution >= 0.6 is 0 Å². The van der Waals surface area contributed by atoms with Crippen LogP contribution < -0.4 is 0 Å². The molecule has 0 unspecified atom stereocenters. The quantitative estimate of drug-likeness (QED) is 0.722. The normalized spacial score (nSPS) is 14.4. The van der Waals surface area contributed by atoms with Gasteiger partial charge in [0.25, 0.3) is 0 Å². The molecule has 0 saturated carbocycles. The highest BCUT2D eigenvalue weighted by Crippen LogP contribution is 2.11. The summed E-state index contributed by atoms with van der Waals surface area (Å²) in [4.78, 5) is 0. The van der Waals surface area contributed by atoms with Gasteiger partial charge in [0, 0.05) is 0 Å². The highest BCUT2D eigenvalue weighted by molar-refractivity contribution is 5.15. The molecule has 1 rings (SSSR count). The molecule has 0 heterocycles. The van der Waals surface area contributed by atoms with Crippen molar-refractivity contribution in [1.29, 1.82) is 0 Å². The highest BCUT2D eigenvalue weighted by Gasteiger charge is 2.12. The molecule has 0 aromatic heterocycles. The van der Waals surface area contributed by atoms with Crippen LogP contribution in [0.25, 0.3) is 0 Å². The van der Waals surface area contributed by atoms with Gasteiger partial charge in [-0.3, -0.25) is 0 Å². The fraction of sp³-hybridized carbons (Fsp3) is 0.429. The van der Waals surface area contributed by atoms with E-state index in [2.05, 4.69) is 6.58 Å². The highest BCUT2D eigenvalue weighted by atomic mass is 16.3. The Balaban J connectivity index is 2.36. The van der Waals surface area contributed by atoms with E-state index in [4.69, 9.17) is 0 Å². The summed E-state index contributed by atoms with van der Waals surface area (Å²) in [6.45, 7) is 5.63. The lowest BCUT2D eigenvalue weighted by Crippen LogP contribution is -2.19. The van der Waals surface area contributed by atoms with Crippen molar-refractivity contribution in [3.05, 3.63) is 48.0 Å². The molecule has 0 aliphatic carbocycles. The minimum absolute atomic E-state index is 0.405. The average Bonchev–Trinajstić information content (AvgIpc) is 2.17. The number of hydrogen-bond donors (Lipinski definition) is 2. The van der Waals surface area contributed by atoms with E-state index in [9.17, 15) is 10.2 Å². The third-order valence-corrected chi connectivity index (χ3v) is 2.44. The minimum Gasteiger partial charge on any atom is -0.393 e. The number of rotatable bonds is 6. The molecule has 0 spiro atoms. The maximum atomic E-state index is 9.80. The Bertz CT molecular complexity index is 319. The van der Waals surface area contributed by atoms with E-state index in [1.54, 1.807) is 0 Å². The van der Waals surface area contributed by atoms with Gasteiger partial charge in [0.15, 0.2) is 0 Å². The molecule has 1 aromatic carbocycles. The van der Waals surface area contributed by atoms with Gasteiger partial charge < -0.3 is 10.2 Å². The molecule has 0 radical (unpaired) electrons. The Morgan fingerprint density at radius 2 is 1.81 bits per heavy atom. The van der Waals surface area contributed by atoms with Gasteiger partial charge in [0.2, 0.25) is 0 Å². The molecule has 2 N–H and O–H groups in total. The summed E-state index contributed by atoms with van der Waals surface area (Å²) in [5.74, 6) is 0. The summed E-state index contributed by atoms with van der Waals surface area (Å²) in [7, 11) is 0. The van der Waals surface area contributed by atoms with Crippen LogP contribution in [0.1, 0.15) is 25.3 Å². The van der Waals surface area contributed by atoms with E-state index >= 15 is 0 Å². The molecule has 1 aromatic rings. The first-order valence-corrected chi connectivity index (χ1v) is 5.62. The summed E-state index contributed by atoms with van der Waals surface area (Å²) in [5.41, 5.74) is 2.04. The molecule has 0 bridgehead atoms. The van der Waals surface area contributed by atoms with E-state index in [-0.39, 0.29) is 0 Å². The van der Waals surface area contributed by atoms with E-state index in [0.717, 1.165) is 11.1 Å². The first kappa shape index (κ1) is 12.9. The monoisotopic (exact) mass is 220 g/mol. The van der Waals surface area contributed by atoms with Gasteiger partial charge in [-0.05, 0) is 31.7 Å². The zero-order valence-electron chi connectivity index (χ0n) is 9.76. The van der Waals surface area contributed by atoms with Crippen LogP contribution in [0, 0.1) is 0 Å². The van der Waals surface area contributed by atoms with Crippen LogP contribution in [0.3, 0.4) is 0 Å². The summed E-state index contributed by atoms with van der Waals surface area (Å²) in [5, 5.41) is 19.4. The lowest BCUT2D eigenvalue weighted by Gasteiger charge is -2.15. The van der Waals surface area contributed by atoms with Crippen LogP contribution in [-0.4, -0.2) is 22.4 Å². The Labute approximate surface area is 97.2 Å². The Morgan fingerprint density at radius 3 is 2.38 bits per heavy atom. The van der Waals surface area contributed by atoms with Crippen molar-refractivity contribution in [2.75, 3.05) is 0 Å². The predicted octanol–water partition coefficient (Wildman–Crippen LogP) is 2.31. The van der Waals surface area contributed by atoms with Crippen molar-refractivity contribution in [2.45, 2.75) is 38.4 Å². The number of aliphatic hydroxyl groups excluding tert-OH is 2. The number of benzene rings is 1. The van der Waals surface area contributed by atoms with Crippen LogP contribution in [0.5, 0.6) is 0 Å². The molecular formula is C14H20O2. The summed E-state index contributed by atoms with van der Waals surface area (Å²) >= 11 is 0. The van der Waals surface area contributed by atoms with Crippen molar-refractivity contribution in [3.8, 4) is 0 Å². The van der Waals surface area contributed by atoms with Gasteiger partial charge >= 0.3 is 0 Å². The van der Waals surface area contributed by atoms with Crippen LogP contribution in [-0.2, 0) is 6.42 Å². The SMILES string of the molecule is C=C(C)C[C@@H](O)C[C@H](O)Cc1ccccc1. The lowest BCUT2D eigenvalue weighted by molar-refractivity contribution is 0.0811. The molecule has 2 heteroatoms. The Morgan fingerprint density at radius 1 is 1.19 bits per heavy atom. The molecule has 0 amide bonds. The third kappa shape index (κ3) is 5.10. The van der Waals surface area contributed by atoms with Crippen molar-refractivity contribution >= 4 is 0 Å². The standard InChI is InChI=1S/C14H20O2/c1-11(2)8-13(15)10-14(16)9-12-6-4-3-5-7-12/h3-7,13-16H,1,8-10H2,2H3/t13-,14-/m1/s1.